The van der Waals surface area contributed by atoms with Gasteiger partial charge in [0.15, 0.2) is 0 Å². The Morgan fingerprint density at radius 3 is 2.43 bits per heavy atom. The summed E-state index contributed by atoms with van der Waals surface area (Å²) in [6, 6.07) is 20.4. The van der Waals surface area contributed by atoms with E-state index in [-0.39, 0.29) is 0 Å². The zero-order chi connectivity index (χ0) is 14.8. The molecule has 0 saturated heterocycles. The molecule has 3 aromatic carbocycles. The van der Waals surface area contributed by atoms with Crippen LogP contribution in [0.25, 0.3) is 10.8 Å². The number of hydrogen-bond donors (Lipinski definition) is 1. The van der Waals surface area contributed by atoms with Crippen LogP contribution in [0.15, 0.2) is 69.6 Å². The van der Waals surface area contributed by atoms with Gasteiger partial charge in [0.2, 0.25) is 0 Å². The van der Waals surface area contributed by atoms with Crippen LogP contribution in [0.4, 0.5) is 0 Å². The van der Waals surface area contributed by atoms with Gasteiger partial charge in [-0.15, -0.1) is 0 Å². The number of halogens is 2. The van der Waals surface area contributed by atoms with Gasteiger partial charge in [0.05, 0.1) is 6.10 Å². The second kappa shape index (κ2) is 6.30. The molecule has 1 N–H and O–H groups in total. The summed E-state index contributed by atoms with van der Waals surface area (Å²) in [5, 5.41) is 12.9. The van der Waals surface area contributed by atoms with Crippen LogP contribution in [-0.2, 0) is 6.42 Å². The maximum atomic E-state index is 10.5. The molecule has 1 unspecified atom stereocenters. The maximum Gasteiger partial charge on any atom is 0.0831 e. The van der Waals surface area contributed by atoms with Gasteiger partial charge in [-0.3, -0.25) is 0 Å². The highest BCUT2D eigenvalue weighted by molar-refractivity contribution is 9.13. The lowest BCUT2D eigenvalue weighted by Crippen LogP contribution is -2.02. The van der Waals surface area contributed by atoms with Crippen molar-refractivity contribution < 1.29 is 5.11 Å². The van der Waals surface area contributed by atoms with E-state index in [4.69, 9.17) is 0 Å². The Kier molecular flexibility index (Phi) is 4.43. The highest BCUT2D eigenvalue weighted by atomic mass is 79.9. The van der Waals surface area contributed by atoms with Crippen molar-refractivity contribution in [3.8, 4) is 0 Å². The van der Waals surface area contributed by atoms with Crippen molar-refractivity contribution in [2.24, 2.45) is 0 Å². The summed E-state index contributed by atoms with van der Waals surface area (Å²) in [5.41, 5.74) is 2.08. The number of rotatable bonds is 3. The Balaban J connectivity index is 1.92. The molecule has 3 heteroatoms. The largest absolute Gasteiger partial charge is 0.388 e. The van der Waals surface area contributed by atoms with Gasteiger partial charge in [-0.25, -0.2) is 0 Å². The van der Waals surface area contributed by atoms with Crippen LogP contribution in [0.5, 0.6) is 0 Å². The second-order valence-electron chi connectivity index (χ2n) is 5.03. The van der Waals surface area contributed by atoms with Crippen molar-refractivity contribution >= 4 is 42.6 Å². The Hall–Kier alpha value is -1.16. The van der Waals surface area contributed by atoms with E-state index < -0.39 is 6.10 Å². The third-order valence-electron chi connectivity index (χ3n) is 3.62. The molecule has 0 amide bonds. The minimum absolute atomic E-state index is 0.514. The van der Waals surface area contributed by atoms with Crippen LogP contribution < -0.4 is 0 Å². The SMILES string of the molecule is OC(Cc1cccc2ccccc12)c1ccc(Br)c(Br)c1. The number of benzene rings is 3. The molecule has 0 fully saturated rings. The number of aliphatic hydroxyl groups is 1. The predicted molar refractivity (Wildman–Crippen MR) is 94.5 cm³/mol. The van der Waals surface area contributed by atoms with Crippen molar-refractivity contribution in [1.82, 2.24) is 0 Å². The maximum absolute atomic E-state index is 10.5. The molecule has 1 atom stereocenters. The quantitative estimate of drug-likeness (QED) is 0.597. The van der Waals surface area contributed by atoms with Gasteiger partial charge < -0.3 is 5.11 Å². The fraction of sp³-hybridized carbons (Fsp3) is 0.111. The first-order valence-corrected chi connectivity index (χ1v) is 8.33. The van der Waals surface area contributed by atoms with Crippen molar-refractivity contribution in [2.45, 2.75) is 12.5 Å². The fourth-order valence-corrected chi connectivity index (χ4v) is 3.16. The van der Waals surface area contributed by atoms with E-state index in [2.05, 4.69) is 56.1 Å². The van der Waals surface area contributed by atoms with E-state index in [0.29, 0.717) is 6.42 Å². The molecular formula is C18H14Br2O. The molecule has 1 nitrogen and oxygen atoms in total. The number of hydrogen-bond acceptors (Lipinski definition) is 1. The molecular weight excluding hydrogens is 392 g/mol. The standard InChI is InChI=1S/C18H14Br2O/c19-16-9-8-14(10-17(16)20)18(21)11-13-6-3-5-12-4-1-2-7-15(12)13/h1-10,18,21H,11H2. The second-order valence-corrected chi connectivity index (χ2v) is 6.74. The molecule has 21 heavy (non-hydrogen) atoms. The Labute approximate surface area is 140 Å². The van der Waals surface area contributed by atoms with Gasteiger partial charge in [-0.2, -0.15) is 0 Å². The van der Waals surface area contributed by atoms with Crippen LogP contribution in [-0.4, -0.2) is 5.11 Å². The summed E-state index contributed by atoms with van der Waals surface area (Å²) in [6.07, 6.45) is 0.0929. The summed E-state index contributed by atoms with van der Waals surface area (Å²) in [4.78, 5) is 0. The third kappa shape index (κ3) is 3.20. The molecule has 0 aliphatic rings. The van der Waals surface area contributed by atoms with Gasteiger partial charge in [0.25, 0.3) is 0 Å². The number of fused-ring (bicyclic) bond motifs is 1. The molecule has 0 radical (unpaired) electrons. The van der Waals surface area contributed by atoms with Gasteiger partial charge in [-0.1, -0.05) is 48.5 Å². The van der Waals surface area contributed by atoms with Gasteiger partial charge >= 0.3 is 0 Å². The van der Waals surface area contributed by atoms with E-state index >= 15 is 0 Å². The lowest BCUT2D eigenvalue weighted by Gasteiger charge is -2.14. The molecule has 0 aliphatic heterocycles. The Morgan fingerprint density at radius 1 is 0.857 bits per heavy atom. The van der Waals surface area contributed by atoms with Crippen LogP contribution in [0.1, 0.15) is 17.2 Å². The monoisotopic (exact) mass is 404 g/mol. The highest BCUT2D eigenvalue weighted by Crippen LogP contribution is 2.29. The van der Waals surface area contributed by atoms with Gasteiger partial charge in [-0.05, 0) is 65.9 Å². The molecule has 3 rings (SSSR count). The Morgan fingerprint density at radius 2 is 1.62 bits per heavy atom. The minimum Gasteiger partial charge on any atom is -0.388 e. The van der Waals surface area contributed by atoms with Crippen LogP contribution >= 0.6 is 31.9 Å². The van der Waals surface area contributed by atoms with E-state index in [9.17, 15) is 5.11 Å². The van der Waals surface area contributed by atoms with Crippen molar-refractivity contribution in [1.29, 1.82) is 0 Å². The van der Waals surface area contributed by atoms with E-state index in [0.717, 1.165) is 14.5 Å². The van der Waals surface area contributed by atoms with E-state index in [1.165, 1.54) is 16.3 Å². The van der Waals surface area contributed by atoms with Gasteiger partial charge in [0, 0.05) is 15.4 Å². The smallest absolute Gasteiger partial charge is 0.0831 e. The van der Waals surface area contributed by atoms with E-state index in [1.807, 2.05) is 36.4 Å². The summed E-state index contributed by atoms with van der Waals surface area (Å²) < 4.78 is 1.94. The van der Waals surface area contributed by atoms with Crippen molar-refractivity contribution in [3.05, 3.63) is 80.7 Å². The predicted octanol–water partition coefficient (Wildman–Crippen LogP) is 5.64. The zero-order valence-electron chi connectivity index (χ0n) is 11.3. The number of aliphatic hydroxyl groups excluding tert-OH is 1. The topological polar surface area (TPSA) is 20.2 Å². The average Bonchev–Trinajstić information content (AvgIpc) is 2.50. The minimum atomic E-state index is -0.514. The first-order chi connectivity index (χ1) is 10.1. The van der Waals surface area contributed by atoms with Crippen molar-refractivity contribution in [3.63, 3.8) is 0 Å². The lowest BCUT2D eigenvalue weighted by molar-refractivity contribution is 0.179. The molecule has 0 aliphatic carbocycles. The third-order valence-corrected chi connectivity index (χ3v) is 5.50. The van der Waals surface area contributed by atoms with Crippen molar-refractivity contribution in [2.75, 3.05) is 0 Å². The fourth-order valence-electron chi connectivity index (χ4n) is 2.52. The summed E-state index contributed by atoms with van der Waals surface area (Å²) in [6.45, 7) is 0. The van der Waals surface area contributed by atoms with Crippen LogP contribution in [0.2, 0.25) is 0 Å². The summed E-state index contributed by atoms with van der Waals surface area (Å²) in [5.74, 6) is 0. The van der Waals surface area contributed by atoms with Crippen LogP contribution in [0.3, 0.4) is 0 Å². The molecule has 3 aromatic rings. The molecule has 106 valence electrons. The first-order valence-electron chi connectivity index (χ1n) is 6.75. The first kappa shape index (κ1) is 14.8. The molecule has 0 spiro atoms. The highest BCUT2D eigenvalue weighted by Gasteiger charge is 2.12. The zero-order valence-corrected chi connectivity index (χ0v) is 14.4. The molecule has 0 bridgehead atoms. The Bertz CT molecular complexity index is 778. The molecule has 0 heterocycles. The summed E-state index contributed by atoms with van der Waals surface area (Å²) >= 11 is 6.93. The molecule has 0 aromatic heterocycles. The lowest BCUT2D eigenvalue weighted by atomic mass is 9.97. The normalized spacial score (nSPS) is 12.5. The van der Waals surface area contributed by atoms with Gasteiger partial charge in [0.1, 0.15) is 0 Å². The molecule has 0 saturated carbocycles. The van der Waals surface area contributed by atoms with E-state index in [1.54, 1.807) is 0 Å². The van der Waals surface area contributed by atoms with Crippen LogP contribution in [0, 0.1) is 0 Å². The summed E-state index contributed by atoms with van der Waals surface area (Å²) in [7, 11) is 0. The average molecular weight is 406 g/mol.